The molecule has 2 aliphatic rings. The van der Waals surface area contributed by atoms with E-state index in [0.717, 1.165) is 26.2 Å². The van der Waals surface area contributed by atoms with Crippen molar-refractivity contribution in [1.29, 1.82) is 0 Å². The highest BCUT2D eigenvalue weighted by molar-refractivity contribution is 6.59. The van der Waals surface area contributed by atoms with Gasteiger partial charge in [-0.2, -0.15) is 0 Å². The van der Waals surface area contributed by atoms with E-state index in [-0.39, 0.29) is 0 Å². The quantitative estimate of drug-likeness (QED) is 0.470. The van der Waals surface area contributed by atoms with Crippen LogP contribution in [0.15, 0.2) is 0 Å². The molecule has 2 aliphatic heterocycles. The summed E-state index contributed by atoms with van der Waals surface area (Å²) >= 11 is 0. The molecule has 5 nitrogen and oxygen atoms in total. The number of hydrogen-bond donors (Lipinski definition) is 1. The van der Waals surface area contributed by atoms with Gasteiger partial charge in [0.15, 0.2) is 0 Å². The normalized spacial score (nSPS) is 37.5. The number of hydrogen-bond acceptors (Lipinski definition) is 5. The zero-order valence-electron chi connectivity index (χ0n) is 6.99. The van der Waals surface area contributed by atoms with Crippen LogP contribution in [0.25, 0.3) is 0 Å². The van der Waals surface area contributed by atoms with Crippen molar-refractivity contribution in [3.8, 4) is 0 Å². The minimum Gasteiger partial charge on any atom is -0.425 e. The largest absolute Gasteiger partial charge is 0.425 e. The van der Waals surface area contributed by atoms with Gasteiger partial charge in [-0.15, -0.1) is 0 Å². The molecule has 0 bridgehead atoms. The predicted molar refractivity (Wildman–Crippen MR) is 51.9 cm³/mol. The summed E-state index contributed by atoms with van der Waals surface area (Å²) in [6.07, 6.45) is 0. The van der Waals surface area contributed by atoms with Crippen LogP contribution in [0.5, 0.6) is 0 Å². The minimum atomic E-state index is -1.42. The lowest BCUT2D eigenvalue weighted by Crippen LogP contribution is -2.56. The number of nitrogens with one attached hydrogen (secondary N) is 1. The molecule has 70 valence electrons. The molecule has 0 aliphatic carbocycles. The first-order valence-corrected chi connectivity index (χ1v) is 7.99. The lowest BCUT2D eigenvalue weighted by Gasteiger charge is -2.34. The van der Waals surface area contributed by atoms with E-state index in [4.69, 9.17) is 12.3 Å². The lowest BCUT2D eigenvalue weighted by atomic mass is 10.4. The van der Waals surface area contributed by atoms with E-state index in [0.29, 0.717) is 0 Å². The zero-order valence-corrected chi connectivity index (χ0v) is 11.0. The molecule has 2 heterocycles. The van der Waals surface area contributed by atoms with E-state index < -0.39 is 29.5 Å². The van der Waals surface area contributed by atoms with Crippen molar-refractivity contribution in [3.05, 3.63) is 0 Å². The van der Waals surface area contributed by atoms with Crippen molar-refractivity contribution in [3.63, 3.8) is 0 Å². The molecule has 0 aromatic heterocycles. The topological polar surface area (TPSA) is 43.0 Å². The average Bonchev–Trinajstić information content (AvgIpc) is 2.21. The van der Waals surface area contributed by atoms with Gasteiger partial charge in [-0.1, -0.05) is 0 Å². The zero-order chi connectivity index (χ0) is 8.23. The third kappa shape index (κ3) is 2.23. The van der Waals surface area contributed by atoms with E-state index in [1.165, 1.54) is 0 Å². The fourth-order valence-corrected chi connectivity index (χ4v) is 8.72. The number of nitrogens with zero attached hydrogens (tertiary/aromatic N) is 1. The van der Waals surface area contributed by atoms with Crippen LogP contribution in [0.1, 0.15) is 0 Å². The molecule has 2 saturated heterocycles. The second-order valence-corrected chi connectivity index (χ2v) is 8.98. The monoisotopic (exact) mass is 222 g/mol. The van der Waals surface area contributed by atoms with Gasteiger partial charge in [0, 0.05) is 26.2 Å². The Kier molecular flexibility index (Phi) is 3.47. The van der Waals surface area contributed by atoms with E-state index in [1.54, 1.807) is 0 Å². The maximum Gasteiger partial charge on any atom is 0.392 e. The third-order valence-corrected chi connectivity index (χ3v) is 7.85. The molecular formula is C4H14N2O3Si3. The van der Waals surface area contributed by atoms with Gasteiger partial charge in [0.2, 0.25) is 0 Å². The molecule has 0 aromatic rings. The van der Waals surface area contributed by atoms with Gasteiger partial charge in [0.05, 0.1) is 0 Å². The Morgan fingerprint density at radius 1 is 1.17 bits per heavy atom. The Labute approximate surface area is 78.4 Å². The SMILES string of the molecule is C1CN([SiH]2O[SiH2]O[SiH2]O2)CCN1. The highest BCUT2D eigenvalue weighted by atomic mass is 28.4. The van der Waals surface area contributed by atoms with Crippen molar-refractivity contribution in [2.45, 2.75) is 0 Å². The fourth-order valence-electron chi connectivity index (χ4n) is 1.40. The van der Waals surface area contributed by atoms with Gasteiger partial charge in [0.1, 0.15) is 0 Å². The molecule has 0 amide bonds. The van der Waals surface area contributed by atoms with Crippen LogP contribution in [0.2, 0.25) is 0 Å². The lowest BCUT2D eigenvalue weighted by molar-refractivity contribution is 0.228. The molecule has 8 heteroatoms. The Morgan fingerprint density at radius 3 is 2.50 bits per heavy atom. The summed E-state index contributed by atoms with van der Waals surface area (Å²) in [5.41, 5.74) is 0. The Bertz CT molecular complexity index is 124. The van der Waals surface area contributed by atoms with Crippen LogP contribution in [0.3, 0.4) is 0 Å². The Balaban J connectivity index is 1.80. The smallest absolute Gasteiger partial charge is 0.392 e. The predicted octanol–water partition coefficient (Wildman–Crippen LogP) is -3.33. The molecule has 0 unspecified atom stereocenters. The van der Waals surface area contributed by atoms with Crippen molar-refractivity contribution >= 4 is 29.5 Å². The minimum absolute atomic E-state index is 0.648. The summed E-state index contributed by atoms with van der Waals surface area (Å²) in [6.45, 7) is 4.31. The first kappa shape index (κ1) is 9.02. The molecule has 0 radical (unpaired) electrons. The Morgan fingerprint density at radius 2 is 1.83 bits per heavy atom. The maximum absolute atomic E-state index is 5.58. The van der Waals surface area contributed by atoms with Crippen LogP contribution < -0.4 is 5.32 Å². The molecule has 2 rings (SSSR count). The molecule has 0 saturated carbocycles. The van der Waals surface area contributed by atoms with Crippen LogP contribution >= 0.6 is 0 Å². The van der Waals surface area contributed by atoms with Crippen molar-refractivity contribution in [1.82, 2.24) is 9.88 Å². The molecule has 1 N–H and O–H groups in total. The van der Waals surface area contributed by atoms with E-state index in [9.17, 15) is 0 Å². The van der Waals surface area contributed by atoms with Crippen LogP contribution in [-0.4, -0.2) is 60.2 Å². The molecule has 0 aromatic carbocycles. The van der Waals surface area contributed by atoms with Gasteiger partial charge < -0.3 is 17.7 Å². The Hall–Kier alpha value is 0.451. The van der Waals surface area contributed by atoms with Crippen molar-refractivity contribution < 1.29 is 12.3 Å². The first-order valence-electron chi connectivity index (χ1n) is 4.22. The van der Waals surface area contributed by atoms with Gasteiger partial charge in [-0.25, -0.2) is 0 Å². The summed E-state index contributed by atoms with van der Waals surface area (Å²) < 4.78 is 18.8. The summed E-state index contributed by atoms with van der Waals surface area (Å²) in [4.78, 5) is 0. The standard InChI is InChI=1S/C4H14N2O3Si3/c1-3-6(4-2-5-1)12-8-10-7-11-9-12/h5,12H,1-4,10-11H2. The highest BCUT2D eigenvalue weighted by Gasteiger charge is 2.27. The average molecular weight is 222 g/mol. The fraction of sp³-hybridized carbons (Fsp3) is 1.00. The summed E-state index contributed by atoms with van der Waals surface area (Å²) in [5.74, 6) is 0. The molecule has 0 atom stereocenters. The van der Waals surface area contributed by atoms with Crippen molar-refractivity contribution in [2.24, 2.45) is 0 Å². The molecule has 0 spiro atoms. The van der Waals surface area contributed by atoms with E-state index >= 15 is 0 Å². The maximum atomic E-state index is 5.58. The number of rotatable bonds is 1. The van der Waals surface area contributed by atoms with Gasteiger partial charge in [-0.3, -0.25) is 4.57 Å². The van der Waals surface area contributed by atoms with Crippen LogP contribution in [0, 0.1) is 0 Å². The number of piperazine rings is 1. The second-order valence-electron chi connectivity index (χ2n) is 2.87. The molecule has 2 fully saturated rings. The van der Waals surface area contributed by atoms with Crippen LogP contribution in [0.4, 0.5) is 0 Å². The van der Waals surface area contributed by atoms with Crippen molar-refractivity contribution in [2.75, 3.05) is 26.2 Å². The van der Waals surface area contributed by atoms with Crippen LogP contribution in [-0.2, 0) is 12.3 Å². The van der Waals surface area contributed by atoms with Gasteiger partial charge >= 0.3 is 9.45 Å². The molecular weight excluding hydrogens is 208 g/mol. The van der Waals surface area contributed by atoms with Gasteiger partial charge in [0.25, 0.3) is 20.0 Å². The van der Waals surface area contributed by atoms with E-state index in [2.05, 4.69) is 9.88 Å². The molecule has 12 heavy (non-hydrogen) atoms. The summed E-state index contributed by atoms with van der Waals surface area (Å²) in [5, 5.41) is 3.31. The summed E-state index contributed by atoms with van der Waals surface area (Å²) in [6, 6.07) is 0. The highest BCUT2D eigenvalue weighted by Crippen LogP contribution is 2.02. The van der Waals surface area contributed by atoms with E-state index in [1.807, 2.05) is 0 Å². The second kappa shape index (κ2) is 4.62. The third-order valence-electron chi connectivity index (χ3n) is 2.04. The first-order chi connectivity index (χ1) is 5.97. The van der Waals surface area contributed by atoms with Gasteiger partial charge in [-0.05, 0) is 0 Å². The summed E-state index contributed by atoms with van der Waals surface area (Å²) in [7, 11) is -2.71.